The molecule has 29 heavy (non-hydrogen) atoms. The number of para-hydroxylation sites is 1. The molecule has 1 aliphatic rings. The van der Waals surface area contributed by atoms with Crippen molar-refractivity contribution in [3.63, 3.8) is 0 Å². The number of Topliss-reactive ketones (excluding diaryl/α,β-unsaturated/α-hetero) is 1. The second kappa shape index (κ2) is 7.43. The Morgan fingerprint density at radius 1 is 1.00 bits per heavy atom. The lowest BCUT2D eigenvalue weighted by Crippen LogP contribution is -2.41. The van der Waals surface area contributed by atoms with Crippen LogP contribution in [0.4, 0.5) is 10.1 Å². The molecule has 1 atom stereocenters. The number of aliphatic hydroxyl groups is 1. The standard InChI is InChI=1S/C23H17ClFNO3/c24-19-7-3-1-5-16(19)14-26-20-8-4-2-6-18(20)23(29,22(26)28)13-21(27)15-9-11-17(25)12-10-15/h1-12,29H,13-14H2/t23-/m1/s1. The fourth-order valence-corrected chi connectivity index (χ4v) is 3.80. The molecule has 0 saturated carbocycles. The Bertz CT molecular complexity index is 1100. The molecule has 1 N–H and O–H groups in total. The van der Waals surface area contributed by atoms with Crippen molar-refractivity contribution >= 4 is 29.0 Å². The molecule has 0 radical (unpaired) electrons. The number of hydrogen-bond acceptors (Lipinski definition) is 3. The first-order valence-electron chi connectivity index (χ1n) is 9.06. The Morgan fingerprint density at radius 2 is 1.66 bits per heavy atom. The Labute approximate surface area is 172 Å². The number of nitrogens with zero attached hydrogens (tertiary/aromatic N) is 1. The summed E-state index contributed by atoms with van der Waals surface area (Å²) < 4.78 is 13.1. The number of carbonyl (C=O) groups excluding carboxylic acids is 2. The third kappa shape index (κ3) is 3.43. The summed E-state index contributed by atoms with van der Waals surface area (Å²) in [5.41, 5.74) is -0.135. The number of anilines is 1. The summed E-state index contributed by atoms with van der Waals surface area (Å²) in [6.45, 7) is 0.169. The number of rotatable bonds is 5. The maximum atomic E-state index is 13.2. The van der Waals surface area contributed by atoms with Crippen molar-refractivity contribution < 1.29 is 19.1 Å². The van der Waals surface area contributed by atoms with Gasteiger partial charge in [0.25, 0.3) is 5.91 Å². The molecule has 146 valence electrons. The zero-order valence-corrected chi connectivity index (χ0v) is 16.1. The van der Waals surface area contributed by atoms with E-state index in [1.807, 2.05) is 6.07 Å². The molecule has 0 aliphatic carbocycles. The van der Waals surface area contributed by atoms with Gasteiger partial charge in [-0.2, -0.15) is 0 Å². The summed E-state index contributed by atoms with van der Waals surface area (Å²) in [5.74, 6) is -1.50. The van der Waals surface area contributed by atoms with Crippen LogP contribution in [0.3, 0.4) is 0 Å². The van der Waals surface area contributed by atoms with Crippen LogP contribution in [-0.4, -0.2) is 16.8 Å². The molecule has 0 aromatic heterocycles. The highest BCUT2D eigenvalue weighted by molar-refractivity contribution is 6.31. The summed E-state index contributed by atoms with van der Waals surface area (Å²) in [5, 5.41) is 11.8. The molecular weight excluding hydrogens is 393 g/mol. The maximum absolute atomic E-state index is 13.2. The summed E-state index contributed by atoms with van der Waals surface area (Å²) in [4.78, 5) is 27.4. The number of amides is 1. The minimum Gasteiger partial charge on any atom is -0.375 e. The van der Waals surface area contributed by atoms with Gasteiger partial charge in [0.15, 0.2) is 11.4 Å². The van der Waals surface area contributed by atoms with Gasteiger partial charge in [-0.25, -0.2) is 4.39 Å². The lowest BCUT2D eigenvalue weighted by molar-refractivity contribution is -0.136. The van der Waals surface area contributed by atoms with Gasteiger partial charge in [0.2, 0.25) is 0 Å². The van der Waals surface area contributed by atoms with E-state index in [1.54, 1.807) is 42.5 Å². The lowest BCUT2D eigenvalue weighted by atomic mass is 9.88. The number of ketones is 1. The molecule has 1 heterocycles. The monoisotopic (exact) mass is 409 g/mol. The van der Waals surface area contributed by atoms with E-state index in [0.717, 1.165) is 5.56 Å². The van der Waals surface area contributed by atoms with Crippen LogP contribution in [0.15, 0.2) is 72.8 Å². The van der Waals surface area contributed by atoms with Gasteiger partial charge >= 0.3 is 0 Å². The van der Waals surface area contributed by atoms with Gasteiger partial charge in [-0.3, -0.25) is 9.59 Å². The van der Waals surface area contributed by atoms with Crippen LogP contribution < -0.4 is 4.90 Å². The van der Waals surface area contributed by atoms with Crippen LogP contribution >= 0.6 is 11.6 Å². The predicted octanol–water partition coefficient (Wildman–Crippen LogP) is 4.49. The number of halogens is 2. The van der Waals surface area contributed by atoms with E-state index in [2.05, 4.69) is 0 Å². The Balaban J connectivity index is 1.69. The smallest absolute Gasteiger partial charge is 0.264 e. The molecule has 4 nitrogen and oxygen atoms in total. The van der Waals surface area contributed by atoms with Crippen molar-refractivity contribution in [3.8, 4) is 0 Å². The minimum atomic E-state index is -2.00. The van der Waals surface area contributed by atoms with Crippen LogP contribution in [0.2, 0.25) is 5.02 Å². The van der Waals surface area contributed by atoms with E-state index in [4.69, 9.17) is 11.6 Å². The summed E-state index contributed by atoms with van der Waals surface area (Å²) >= 11 is 6.24. The second-order valence-corrected chi connectivity index (χ2v) is 7.37. The zero-order chi connectivity index (χ0) is 20.6. The molecule has 1 amide bonds. The first-order chi connectivity index (χ1) is 13.9. The average molecular weight is 410 g/mol. The number of hydrogen-bond donors (Lipinski definition) is 1. The van der Waals surface area contributed by atoms with Crippen molar-refractivity contribution in [2.75, 3.05) is 4.90 Å². The van der Waals surface area contributed by atoms with Crippen molar-refractivity contribution in [2.24, 2.45) is 0 Å². The second-order valence-electron chi connectivity index (χ2n) is 6.97. The van der Waals surface area contributed by atoms with E-state index in [1.165, 1.54) is 29.2 Å². The van der Waals surface area contributed by atoms with Gasteiger partial charge in [-0.05, 0) is 42.0 Å². The Hall–Kier alpha value is -3.02. The zero-order valence-electron chi connectivity index (χ0n) is 15.3. The third-order valence-electron chi connectivity index (χ3n) is 5.11. The van der Waals surface area contributed by atoms with Gasteiger partial charge in [0.1, 0.15) is 5.82 Å². The van der Waals surface area contributed by atoms with Crippen molar-refractivity contribution in [1.29, 1.82) is 0 Å². The van der Waals surface area contributed by atoms with Crippen LogP contribution in [-0.2, 0) is 16.9 Å². The van der Waals surface area contributed by atoms with Gasteiger partial charge in [0, 0.05) is 16.1 Å². The summed E-state index contributed by atoms with van der Waals surface area (Å²) in [6, 6.07) is 19.0. The highest BCUT2D eigenvalue weighted by Crippen LogP contribution is 2.43. The fourth-order valence-electron chi connectivity index (χ4n) is 3.60. The van der Waals surface area contributed by atoms with Crippen molar-refractivity contribution in [3.05, 3.63) is 100 Å². The Morgan fingerprint density at radius 3 is 2.38 bits per heavy atom. The first kappa shape index (κ1) is 19.3. The molecule has 0 unspecified atom stereocenters. The van der Waals surface area contributed by atoms with Crippen LogP contribution in [0.25, 0.3) is 0 Å². The Kier molecular flexibility index (Phi) is 4.94. The molecule has 0 bridgehead atoms. The molecule has 3 aromatic rings. The summed E-state index contributed by atoms with van der Waals surface area (Å²) in [6.07, 6.45) is -0.437. The quantitative estimate of drug-likeness (QED) is 0.632. The highest BCUT2D eigenvalue weighted by Gasteiger charge is 2.50. The van der Waals surface area contributed by atoms with Gasteiger partial charge in [-0.15, -0.1) is 0 Å². The van der Waals surface area contributed by atoms with Crippen LogP contribution in [0.5, 0.6) is 0 Å². The van der Waals surface area contributed by atoms with Crippen molar-refractivity contribution in [2.45, 2.75) is 18.6 Å². The van der Waals surface area contributed by atoms with E-state index in [9.17, 15) is 19.1 Å². The average Bonchev–Trinajstić information content (AvgIpc) is 2.92. The highest BCUT2D eigenvalue weighted by atomic mass is 35.5. The molecular formula is C23H17ClFNO3. The molecule has 0 spiro atoms. The third-order valence-corrected chi connectivity index (χ3v) is 5.48. The van der Waals surface area contributed by atoms with Crippen LogP contribution in [0.1, 0.15) is 27.9 Å². The first-order valence-corrected chi connectivity index (χ1v) is 9.44. The lowest BCUT2D eigenvalue weighted by Gasteiger charge is -2.23. The van der Waals surface area contributed by atoms with Crippen LogP contribution in [0, 0.1) is 5.82 Å². The molecule has 6 heteroatoms. The number of benzene rings is 3. The topological polar surface area (TPSA) is 57.6 Å². The maximum Gasteiger partial charge on any atom is 0.264 e. The van der Waals surface area contributed by atoms with E-state index in [0.29, 0.717) is 16.3 Å². The van der Waals surface area contributed by atoms with E-state index < -0.39 is 29.5 Å². The van der Waals surface area contributed by atoms with Gasteiger partial charge < -0.3 is 10.0 Å². The number of fused-ring (bicyclic) bond motifs is 1. The number of carbonyl (C=O) groups is 2. The minimum absolute atomic E-state index is 0.169. The van der Waals surface area contributed by atoms with E-state index >= 15 is 0 Å². The largest absolute Gasteiger partial charge is 0.375 e. The molecule has 0 saturated heterocycles. The molecule has 0 fully saturated rings. The van der Waals surface area contributed by atoms with E-state index in [-0.39, 0.29) is 12.1 Å². The van der Waals surface area contributed by atoms with Crippen molar-refractivity contribution in [1.82, 2.24) is 0 Å². The molecule has 3 aromatic carbocycles. The van der Waals surface area contributed by atoms with Gasteiger partial charge in [-0.1, -0.05) is 48.0 Å². The molecule has 4 rings (SSSR count). The van der Waals surface area contributed by atoms with Gasteiger partial charge in [0.05, 0.1) is 18.7 Å². The predicted molar refractivity (Wildman–Crippen MR) is 108 cm³/mol. The molecule has 1 aliphatic heterocycles. The normalized spacial score (nSPS) is 18.0. The fraction of sp³-hybridized carbons (Fsp3) is 0.130. The SMILES string of the molecule is O=C(C[C@]1(O)C(=O)N(Cc2ccccc2Cl)c2ccccc21)c1ccc(F)cc1. The summed E-state index contributed by atoms with van der Waals surface area (Å²) in [7, 11) is 0.